The van der Waals surface area contributed by atoms with Crippen LogP contribution in [0.25, 0.3) is 0 Å². The molecule has 0 aliphatic rings. The molecule has 3 nitrogen and oxygen atoms in total. The van der Waals surface area contributed by atoms with E-state index in [0.717, 1.165) is 18.4 Å². The monoisotopic (exact) mass is 221 g/mol. The zero-order chi connectivity index (χ0) is 10.9. The molecule has 0 aliphatic heterocycles. The maximum Gasteiger partial charge on any atom is 0.229 e. The lowest BCUT2D eigenvalue weighted by Gasteiger charge is -2.07. The second-order valence-corrected chi connectivity index (χ2v) is 4.70. The second kappa shape index (κ2) is 3.53. The quantitative estimate of drug-likeness (QED) is 0.825. The number of aryl methyl sites for hydroxylation is 1. The molecule has 0 aliphatic carbocycles. The fourth-order valence-corrected chi connectivity index (χ4v) is 1.58. The number of rotatable bonds is 2. The molecule has 0 aromatic heterocycles. The van der Waals surface area contributed by atoms with Crippen molar-refractivity contribution in [2.24, 2.45) is 0 Å². The number of halogens is 2. The van der Waals surface area contributed by atoms with E-state index < -0.39 is 21.7 Å². The Morgan fingerprint density at radius 3 is 2.21 bits per heavy atom. The van der Waals surface area contributed by atoms with Gasteiger partial charge in [-0.3, -0.25) is 4.72 Å². The zero-order valence-corrected chi connectivity index (χ0v) is 8.45. The summed E-state index contributed by atoms with van der Waals surface area (Å²) in [5.41, 5.74) is 0.376. The summed E-state index contributed by atoms with van der Waals surface area (Å²) in [6.45, 7) is 1.48. The first kappa shape index (κ1) is 10.9. The number of hydrogen-bond donors (Lipinski definition) is 1. The Hall–Kier alpha value is -1.17. The van der Waals surface area contributed by atoms with Crippen LogP contribution in [-0.4, -0.2) is 14.7 Å². The Kier molecular flexibility index (Phi) is 2.75. The lowest BCUT2D eigenvalue weighted by Crippen LogP contribution is -2.11. The molecule has 0 saturated carbocycles. The lowest BCUT2D eigenvalue weighted by molar-refractivity contribution is 0.508. The number of sulfonamides is 1. The lowest BCUT2D eigenvalue weighted by atomic mass is 10.2. The maximum atomic E-state index is 12.7. The highest BCUT2D eigenvalue weighted by Gasteiger charge is 2.09. The zero-order valence-electron chi connectivity index (χ0n) is 7.64. The smallest absolute Gasteiger partial charge is 0.229 e. The van der Waals surface area contributed by atoms with E-state index >= 15 is 0 Å². The molecule has 1 N–H and O–H groups in total. The summed E-state index contributed by atoms with van der Waals surface area (Å²) in [5.74, 6) is -2.08. The molecular weight excluding hydrogens is 212 g/mol. The second-order valence-electron chi connectivity index (χ2n) is 2.96. The van der Waals surface area contributed by atoms with Gasteiger partial charge in [0.25, 0.3) is 0 Å². The van der Waals surface area contributed by atoms with E-state index in [-0.39, 0.29) is 5.69 Å². The van der Waals surface area contributed by atoms with Crippen molar-refractivity contribution >= 4 is 15.7 Å². The summed E-state index contributed by atoms with van der Waals surface area (Å²) >= 11 is 0. The molecule has 78 valence electrons. The van der Waals surface area contributed by atoms with E-state index in [9.17, 15) is 17.2 Å². The van der Waals surface area contributed by atoms with Gasteiger partial charge in [0.2, 0.25) is 10.0 Å². The topological polar surface area (TPSA) is 46.2 Å². The van der Waals surface area contributed by atoms with Crippen molar-refractivity contribution in [3.8, 4) is 0 Å². The van der Waals surface area contributed by atoms with Crippen LogP contribution in [0.2, 0.25) is 0 Å². The van der Waals surface area contributed by atoms with Crippen LogP contribution in [0, 0.1) is 18.6 Å². The van der Waals surface area contributed by atoms with Gasteiger partial charge < -0.3 is 0 Å². The average molecular weight is 221 g/mol. The minimum absolute atomic E-state index is 0.0476. The first-order valence-electron chi connectivity index (χ1n) is 3.73. The standard InChI is InChI=1S/C8H9F2NO2S/c1-5-3-6(9)7(10)4-8(5)11-14(2,12)13/h3-4,11H,1-2H3. The highest BCUT2D eigenvalue weighted by Crippen LogP contribution is 2.19. The molecule has 0 amide bonds. The van der Waals surface area contributed by atoms with Gasteiger partial charge in [0.05, 0.1) is 11.9 Å². The average Bonchev–Trinajstić information content (AvgIpc) is 1.97. The van der Waals surface area contributed by atoms with Crippen molar-refractivity contribution in [3.63, 3.8) is 0 Å². The van der Waals surface area contributed by atoms with Crippen LogP contribution in [0.3, 0.4) is 0 Å². The summed E-state index contributed by atoms with van der Waals surface area (Å²) in [6.07, 6.45) is 0.938. The van der Waals surface area contributed by atoms with Gasteiger partial charge in [0.15, 0.2) is 11.6 Å². The number of benzene rings is 1. The highest BCUT2D eigenvalue weighted by atomic mass is 32.2. The van der Waals surface area contributed by atoms with E-state index in [0.29, 0.717) is 5.56 Å². The van der Waals surface area contributed by atoms with Crippen LogP contribution < -0.4 is 4.72 Å². The van der Waals surface area contributed by atoms with Gasteiger partial charge in [-0.05, 0) is 18.6 Å². The third-order valence-electron chi connectivity index (χ3n) is 1.56. The summed E-state index contributed by atoms with van der Waals surface area (Å²) in [6, 6.07) is 1.74. The largest absolute Gasteiger partial charge is 0.283 e. The fourth-order valence-electron chi connectivity index (χ4n) is 0.956. The van der Waals surface area contributed by atoms with Gasteiger partial charge in [-0.15, -0.1) is 0 Å². The van der Waals surface area contributed by atoms with Crippen molar-refractivity contribution < 1.29 is 17.2 Å². The molecule has 1 aromatic carbocycles. The predicted molar refractivity (Wildman–Crippen MR) is 49.6 cm³/mol. The minimum Gasteiger partial charge on any atom is -0.283 e. The van der Waals surface area contributed by atoms with Crippen LogP contribution in [0.15, 0.2) is 12.1 Å². The van der Waals surface area contributed by atoms with E-state index in [4.69, 9.17) is 0 Å². The number of hydrogen-bond acceptors (Lipinski definition) is 2. The van der Waals surface area contributed by atoms with Gasteiger partial charge in [0, 0.05) is 6.07 Å². The van der Waals surface area contributed by atoms with E-state index in [2.05, 4.69) is 4.72 Å². The Balaban J connectivity index is 3.17. The van der Waals surface area contributed by atoms with E-state index in [1.807, 2.05) is 0 Å². The van der Waals surface area contributed by atoms with Crippen LogP contribution in [0.1, 0.15) is 5.56 Å². The summed E-state index contributed by atoms with van der Waals surface area (Å²) < 4.78 is 49.1. The van der Waals surface area contributed by atoms with Crippen molar-refractivity contribution in [2.75, 3.05) is 11.0 Å². The van der Waals surface area contributed by atoms with Gasteiger partial charge in [-0.2, -0.15) is 0 Å². The van der Waals surface area contributed by atoms with Crippen molar-refractivity contribution in [2.45, 2.75) is 6.92 Å². The van der Waals surface area contributed by atoms with Crippen LogP contribution in [0.5, 0.6) is 0 Å². The van der Waals surface area contributed by atoms with Gasteiger partial charge >= 0.3 is 0 Å². The SMILES string of the molecule is Cc1cc(F)c(F)cc1NS(C)(=O)=O. The molecule has 0 bridgehead atoms. The van der Waals surface area contributed by atoms with Crippen LogP contribution >= 0.6 is 0 Å². The highest BCUT2D eigenvalue weighted by molar-refractivity contribution is 7.92. The van der Waals surface area contributed by atoms with E-state index in [1.165, 1.54) is 6.92 Å². The third-order valence-corrected chi connectivity index (χ3v) is 2.15. The Labute approximate surface area is 80.8 Å². The predicted octanol–water partition coefficient (Wildman–Crippen LogP) is 1.64. The minimum atomic E-state index is -3.47. The van der Waals surface area contributed by atoms with Gasteiger partial charge in [-0.1, -0.05) is 0 Å². The molecule has 0 spiro atoms. The molecule has 0 radical (unpaired) electrons. The molecule has 0 saturated heterocycles. The van der Waals surface area contributed by atoms with Crippen LogP contribution in [0.4, 0.5) is 14.5 Å². The van der Waals surface area contributed by atoms with Crippen molar-refractivity contribution in [1.82, 2.24) is 0 Å². The van der Waals surface area contributed by atoms with E-state index in [1.54, 1.807) is 0 Å². The van der Waals surface area contributed by atoms with Crippen molar-refractivity contribution in [1.29, 1.82) is 0 Å². The third kappa shape index (κ3) is 2.66. The fraction of sp³-hybridized carbons (Fsp3) is 0.250. The Morgan fingerprint density at radius 2 is 1.71 bits per heavy atom. The molecule has 0 heterocycles. The molecular formula is C8H9F2NO2S. The Bertz CT molecular complexity index is 457. The van der Waals surface area contributed by atoms with Gasteiger partial charge in [0.1, 0.15) is 0 Å². The first-order valence-corrected chi connectivity index (χ1v) is 5.62. The maximum absolute atomic E-state index is 12.7. The van der Waals surface area contributed by atoms with Gasteiger partial charge in [-0.25, -0.2) is 17.2 Å². The molecule has 14 heavy (non-hydrogen) atoms. The molecule has 0 unspecified atom stereocenters. The number of nitrogens with one attached hydrogen (secondary N) is 1. The molecule has 1 rings (SSSR count). The molecule has 0 fully saturated rings. The van der Waals surface area contributed by atoms with Crippen LogP contribution in [-0.2, 0) is 10.0 Å². The summed E-state index contributed by atoms with van der Waals surface area (Å²) in [5, 5.41) is 0. The molecule has 0 atom stereocenters. The van der Waals surface area contributed by atoms with Crippen molar-refractivity contribution in [3.05, 3.63) is 29.3 Å². The number of anilines is 1. The summed E-state index contributed by atoms with van der Waals surface area (Å²) in [4.78, 5) is 0. The summed E-state index contributed by atoms with van der Waals surface area (Å²) in [7, 11) is -3.47. The molecule has 6 heteroatoms. The first-order chi connectivity index (χ1) is 6.29. The normalized spacial score (nSPS) is 11.4. The molecule has 1 aromatic rings. The Morgan fingerprint density at radius 1 is 1.21 bits per heavy atom.